The number of nitrogens with one attached hydrogen (secondary N) is 1. The third kappa shape index (κ3) is 4.38. The molecule has 1 N–H and O–H groups in total. The molecule has 0 aliphatic carbocycles. The quantitative estimate of drug-likeness (QED) is 0.319. The van der Waals surface area contributed by atoms with E-state index in [0.29, 0.717) is 48.9 Å². The van der Waals surface area contributed by atoms with E-state index >= 15 is 0 Å². The highest BCUT2D eigenvalue weighted by Crippen LogP contribution is 2.30. The molecule has 38 heavy (non-hydrogen) atoms. The lowest BCUT2D eigenvalue weighted by Crippen LogP contribution is -2.40. The molecule has 0 saturated carbocycles. The van der Waals surface area contributed by atoms with Crippen LogP contribution in [-0.4, -0.2) is 39.3 Å². The fraction of sp³-hybridized carbons (Fsp3) is 0.286. The van der Waals surface area contributed by atoms with Crippen LogP contribution in [0, 0.1) is 0 Å². The lowest BCUT2D eigenvalue weighted by atomic mass is 9.98. The van der Waals surface area contributed by atoms with Crippen LogP contribution < -0.4 is 11.2 Å². The van der Waals surface area contributed by atoms with E-state index in [2.05, 4.69) is 27.2 Å². The van der Waals surface area contributed by atoms with Crippen molar-refractivity contribution in [2.24, 2.45) is 0 Å². The van der Waals surface area contributed by atoms with Crippen molar-refractivity contribution in [3.63, 3.8) is 0 Å². The van der Waals surface area contributed by atoms with Gasteiger partial charge in [-0.1, -0.05) is 69.0 Å². The van der Waals surface area contributed by atoms with Crippen LogP contribution in [0.1, 0.15) is 45.0 Å². The number of hydrogen-bond acceptors (Lipinski definition) is 6. The molecule has 0 amide bonds. The van der Waals surface area contributed by atoms with Gasteiger partial charge in [0.25, 0.3) is 5.56 Å². The number of H-pyrrole nitrogens is 1. The lowest BCUT2D eigenvalue weighted by molar-refractivity contribution is 0.554. The fourth-order valence-electron chi connectivity index (χ4n) is 4.79. The zero-order valence-corrected chi connectivity index (χ0v) is 21.8. The summed E-state index contributed by atoms with van der Waals surface area (Å²) in [7, 11) is 0. The van der Waals surface area contributed by atoms with E-state index in [1.165, 1.54) is 4.57 Å². The number of hydrogen-bond donors (Lipinski definition) is 1. The first-order valence-electron chi connectivity index (χ1n) is 12.8. The highest BCUT2D eigenvalue weighted by atomic mass is 16.2. The first kappa shape index (κ1) is 25.1. The summed E-state index contributed by atoms with van der Waals surface area (Å²) in [6, 6.07) is 16.0. The van der Waals surface area contributed by atoms with Crippen LogP contribution in [0.3, 0.4) is 0 Å². The topological polar surface area (TPSA) is 116 Å². The summed E-state index contributed by atoms with van der Waals surface area (Å²) in [4.78, 5) is 31.5. The van der Waals surface area contributed by atoms with Crippen molar-refractivity contribution < 1.29 is 0 Å². The molecule has 3 aromatic heterocycles. The van der Waals surface area contributed by atoms with Gasteiger partial charge in [0.05, 0.1) is 0 Å². The number of aryl methyl sites for hydroxylation is 1. The van der Waals surface area contributed by atoms with Gasteiger partial charge in [-0.3, -0.25) is 13.9 Å². The van der Waals surface area contributed by atoms with Crippen molar-refractivity contribution in [1.29, 1.82) is 0 Å². The normalized spacial score (nSPS) is 11.3. The van der Waals surface area contributed by atoms with E-state index in [4.69, 9.17) is 4.98 Å². The van der Waals surface area contributed by atoms with E-state index in [-0.39, 0.29) is 11.2 Å². The van der Waals surface area contributed by atoms with Crippen molar-refractivity contribution in [3.05, 3.63) is 87.3 Å². The lowest BCUT2D eigenvalue weighted by Gasteiger charge is -2.13. The maximum atomic E-state index is 13.6. The minimum absolute atomic E-state index is 0.311. The van der Waals surface area contributed by atoms with Crippen molar-refractivity contribution in [2.45, 2.75) is 53.2 Å². The summed E-state index contributed by atoms with van der Waals surface area (Å²) in [5.74, 6) is 1.13. The highest BCUT2D eigenvalue weighted by molar-refractivity contribution is 5.80. The number of tetrazole rings is 1. The van der Waals surface area contributed by atoms with E-state index < -0.39 is 0 Å². The maximum Gasteiger partial charge on any atom is 0.332 e. The molecule has 0 atom stereocenters. The zero-order valence-electron chi connectivity index (χ0n) is 21.8. The Labute approximate surface area is 219 Å². The minimum atomic E-state index is -0.315. The molecule has 3 heterocycles. The minimum Gasteiger partial charge on any atom is -0.314 e. The molecule has 0 aliphatic rings. The largest absolute Gasteiger partial charge is 0.332 e. The number of aromatic amines is 1. The number of benzene rings is 2. The highest BCUT2D eigenvalue weighted by Gasteiger charge is 2.22. The van der Waals surface area contributed by atoms with Gasteiger partial charge in [0.1, 0.15) is 5.82 Å². The van der Waals surface area contributed by atoms with Gasteiger partial charge < -0.3 is 4.57 Å². The number of allylic oxidation sites excluding steroid dienone is 1. The summed E-state index contributed by atoms with van der Waals surface area (Å²) >= 11 is 0. The van der Waals surface area contributed by atoms with E-state index in [1.54, 1.807) is 4.57 Å². The van der Waals surface area contributed by atoms with Gasteiger partial charge in [-0.2, -0.15) is 5.21 Å². The zero-order chi connectivity index (χ0) is 26.8. The smallest absolute Gasteiger partial charge is 0.314 e. The summed E-state index contributed by atoms with van der Waals surface area (Å²) < 4.78 is 4.84. The average molecular weight is 511 g/mol. The third-order valence-corrected chi connectivity index (χ3v) is 6.51. The number of nitrogens with zero attached hydrogens (tertiary/aromatic N) is 7. The van der Waals surface area contributed by atoms with Crippen LogP contribution in [0.5, 0.6) is 0 Å². The summed E-state index contributed by atoms with van der Waals surface area (Å²) in [6.45, 7) is 11.2. The van der Waals surface area contributed by atoms with Crippen LogP contribution in [0.2, 0.25) is 0 Å². The number of imidazole rings is 1. The van der Waals surface area contributed by atoms with Crippen LogP contribution in [0.25, 0.3) is 39.3 Å². The number of fused-ring (bicyclic) bond motifs is 1. The second-order valence-electron chi connectivity index (χ2n) is 9.34. The van der Waals surface area contributed by atoms with Gasteiger partial charge in [0, 0.05) is 25.2 Å². The second kappa shape index (κ2) is 10.4. The molecule has 5 aromatic rings. The molecule has 0 unspecified atom stereocenters. The summed E-state index contributed by atoms with van der Waals surface area (Å²) in [6.07, 6.45) is 1.43. The van der Waals surface area contributed by atoms with Gasteiger partial charge in [0.15, 0.2) is 11.2 Å². The number of aromatic nitrogens is 8. The Morgan fingerprint density at radius 2 is 1.61 bits per heavy atom. The molecule has 10 heteroatoms. The van der Waals surface area contributed by atoms with E-state index in [0.717, 1.165) is 34.2 Å². The average Bonchev–Trinajstić information content (AvgIpc) is 3.59. The Bertz CT molecular complexity index is 1720. The Balaban J connectivity index is 1.61. The molecule has 194 valence electrons. The van der Waals surface area contributed by atoms with Gasteiger partial charge in [-0.25, -0.2) is 9.78 Å². The molecule has 10 nitrogen and oxygen atoms in total. The molecule has 0 radical (unpaired) electrons. The third-order valence-electron chi connectivity index (χ3n) is 6.51. The SMILES string of the molecule is C=C(C)c1nc2c(c(=O)n(CCC)c(=O)n2CCC)n1Cc1ccc(-c2ccccc2-c2nn[nH]n2)cc1. The van der Waals surface area contributed by atoms with Crippen molar-refractivity contribution in [2.75, 3.05) is 0 Å². The second-order valence-corrected chi connectivity index (χ2v) is 9.34. The molecule has 0 bridgehead atoms. The van der Waals surface area contributed by atoms with E-state index in [1.807, 2.05) is 73.9 Å². The van der Waals surface area contributed by atoms with Gasteiger partial charge in [-0.05, 0) is 47.2 Å². The van der Waals surface area contributed by atoms with Crippen molar-refractivity contribution in [1.82, 2.24) is 39.3 Å². The first-order valence-corrected chi connectivity index (χ1v) is 12.8. The fourth-order valence-corrected chi connectivity index (χ4v) is 4.79. The molecule has 0 aliphatic heterocycles. The monoisotopic (exact) mass is 510 g/mol. The standard InChI is InChI=1S/C28H30N8O2/c1-5-15-34-26-23(27(37)35(16-6-2)28(34)38)36(25(29-26)18(3)4)17-19-11-13-20(14-12-19)21-9-7-8-10-22(21)24-30-32-33-31-24/h7-14H,3,5-6,15-17H2,1-2,4H3,(H,30,31,32,33). The molecule has 0 spiro atoms. The summed E-state index contributed by atoms with van der Waals surface area (Å²) in [5, 5.41) is 14.4. The van der Waals surface area contributed by atoms with Crippen LogP contribution in [0.15, 0.2) is 64.7 Å². The Morgan fingerprint density at radius 3 is 2.24 bits per heavy atom. The molecular formula is C28H30N8O2. The molecule has 0 saturated heterocycles. The van der Waals surface area contributed by atoms with Gasteiger partial charge in [0.2, 0.25) is 5.82 Å². The predicted octanol–water partition coefficient (Wildman–Crippen LogP) is 4.11. The molecule has 0 fully saturated rings. The van der Waals surface area contributed by atoms with Gasteiger partial charge in [-0.15, -0.1) is 10.2 Å². The van der Waals surface area contributed by atoms with Crippen molar-refractivity contribution >= 4 is 16.7 Å². The van der Waals surface area contributed by atoms with Crippen molar-refractivity contribution in [3.8, 4) is 22.5 Å². The Kier molecular flexibility index (Phi) is 6.87. The van der Waals surface area contributed by atoms with Crippen LogP contribution in [-0.2, 0) is 19.6 Å². The van der Waals surface area contributed by atoms with E-state index in [9.17, 15) is 9.59 Å². The predicted molar refractivity (Wildman–Crippen MR) is 148 cm³/mol. The maximum absolute atomic E-state index is 13.6. The molecule has 5 rings (SSSR count). The Morgan fingerprint density at radius 1 is 0.921 bits per heavy atom. The number of rotatable bonds is 9. The molecular weight excluding hydrogens is 480 g/mol. The van der Waals surface area contributed by atoms with Gasteiger partial charge >= 0.3 is 5.69 Å². The first-order chi connectivity index (χ1) is 18.4. The van der Waals surface area contributed by atoms with Crippen LogP contribution >= 0.6 is 0 Å². The Hall–Kier alpha value is -4.60. The van der Waals surface area contributed by atoms with Crippen LogP contribution in [0.4, 0.5) is 0 Å². The molecule has 2 aromatic carbocycles. The summed E-state index contributed by atoms with van der Waals surface area (Å²) in [5.41, 5.74) is 4.80.